The first kappa shape index (κ1) is 16.7. The molecule has 2 aromatic rings. The van der Waals surface area contributed by atoms with Crippen LogP contribution in [0, 0.1) is 0 Å². The summed E-state index contributed by atoms with van der Waals surface area (Å²) in [5.41, 5.74) is 0. The second-order valence-corrected chi connectivity index (χ2v) is 7.22. The largest absolute Gasteiger partial charge is 0.465 e. The molecule has 0 saturated carbocycles. The van der Waals surface area contributed by atoms with E-state index in [0.717, 1.165) is 16.2 Å². The van der Waals surface area contributed by atoms with Crippen molar-refractivity contribution in [1.29, 1.82) is 0 Å². The molecular weight excluding hydrogens is 342 g/mol. The summed E-state index contributed by atoms with van der Waals surface area (Å²) in [6, 6.07) is 6.93. The molecule has 116 valence electrons. The zero-order chi connectivity index (χ0) is 16.1. The van der Waals surface area contributed by atoms with E-state index in [0.29, 0.717) is 27.2 Å². The number of esters is 1. The highest BCUT2D eigenvalue weighted by molar-refractivity contribution is 7.16. The molecular formula is C15H14ClNO3S2. The Morgan fingerprint density at radius 2 is 2.00 bits per heavy atom. The van der Waals surface area contributed by atoms with E-state index in [9.17, 15) is 9.59 Å². The second-order valence-electron chi connectivity index (χ2n) is 4.34. The number of amides is 1. The predicted octanol–water partition coefficient (Wildman–Crippen LogP) is 4.08. The van der Waals surface area contributed by atoms with Crippen molar-refractivity contribution in [1.82, 2.24) is 4.90 Å². The van der Waals surface area contributed by atoms with Gasteiger partial charge in [0.15, 0.2) is 0 Å². The maximum absolute atomic E-state index is 12.6. The molecule has 0 aromatic carbocycles. The third-order valence-corrected chi connectivity index (χ3v) is 5.08. The van der Waals surface area contributed by atoms with Crippen LogP contribution in [-0.2, 0) is 11.3 Å². The van der Waals surface area contributed by atoms with E-state index in [1.165, 1.54) is 18.4 Å². The van der Waals surface area contributed by atoms with Crippen molar-refractivity contribution in [3.05, 3.63) is 55.9 Å². The molecule has 7 heteroatoms. The van der Waals surface area contributed by atoms with Crippen molar-refractivity contribution in [2.24, 2.45) is 0 Å². The Balaban J connectivity index is 2.16. The first-order chi connectivity index (χ1) is 10.5. The van der Waals surface area contributed by atoms with Gasteiger partial charge in [-0.05, 0) is 24.3 Å². The van der Waals surface area contributed by atoms with Gasteiger partial charge in [0.25, 0.3) is 5.91 Å². The van der Waals surface area contributed by atoms with E-state index in [-0.39, 0.29) is 5.91 Å². The highest BCUT2D eigenvalue weighted by atomic mass is 35.5. The van der Waals surface area contributed by atoms with E-state index < -0.39 is 5.97 Å². The average molecular weight is 356 g/mol. The summed E-state index contributed by atoms with van der Waals surface area (Å²) < 4.78 is 5.34. The van der Waals surface area contributed by atoms with Gasteiger partial charge in [0, 0.05) is 11.4 Å². The maximum atomic E-state index is 12.6. The molecule has 0 saturated heterocycles. The lowest BCUT2D eigenvalue weighted by Gasteiger charge is -2.19. The molecule has 2 rings (SSSR count). The lowest BCUT2D eigenvalue weighted by Crippen LogP contribution is -2.29. The summed E-state index contributed by atoms with van der Waals surface area (Å²) in [5, 5.41) is 0. The molecule has 0 N–H and O–H groups in total. The SMILES string of the molecule is C=CCN(Cc1ccc(Cl)s1)C(=O)c1ccc(C(=O)OC)s1. The summed E-state index contributed by atoms with van der Waals surface area (Å²) in [6.45, 7) is 4.55. The Hall–Kier alpha value is -1.63. The molecule has 0 spiro atoms. The highest BCUT2D eigenvalue weighted by Crippen LogP contribution is 2.25. The van der Waals surface area contributed by atoms with Gasteiger partial charge >= 0.3 is 5.97 Å². The van der Waals surface area contributed by atoms with E-state index in [1.54, 1.807) is 29.2 Å². The number of halogens is 1. The summed E-state index contributed by atoms with van der Waals surface area (Å²) in [5.74, 6) is -0.589. The van der Waals surface area contributed by atoms with Gasteiger partial charge in [-0.15, -0.1) is 29.3 Å². The van der Waals surface area contributed by atoms with Gasteiger partial charge in [0.1, 0.15) is 4.88 Å². The van der Waals surface area contributed by atoms with Crippen molar-refractivity contribution in [3.8, 4) is 0 Å². The van der Waals surface area contributed by atoms with Crippen LogP contribution in [0.25, 0.3) is 0 Å². The van der Waals surface area contributed by atoms with Gasteiger partial charge in [-0.3, -0.25) is 4.79 Å². The quantitative estimate of drug-likeness (QED) is 0.579. The Morgan fingerprint density at radius 3 is 2.59 bits per heavy atom. The molecule has 2 heterocycles. The fourth-order valence-corrected chi connectivity index (χ4v) is 3.81. The smallest absolute Gasteiger partial charge is 0.348 e. The number of carbonyl (C=O) groups excluding carboxylic acids is 2. The van der Waals surface area contributed by atoms with Crippen molar-refractivity contribution >= 4 is 46.2 Å². The summed E-state index contributed by atoms with van der Waals surface area (Å²) >= 11 is 8.47. The normalized spacial score (nSPS) is 10.3. The Labute approximate surface area is 141 Å². The second kappa shape index (κ2) is 7.58. The molecule has 0 aliphatic carbocycles. The highest BCUT2D eigenvalue weighted by Gasteiger charge is 2.19. The van der Waals surface area contributed by atoms with Gasteiger partial charge in [-0.1, -0.05) is 17.7 Å². The lowest BCUT2D eigenvalue weighted by atomic mass is 10.3. The van der Waals surface area contributed by atoms with Crippen LogP contribution in [-0.4, -0.2) is 30.4 Å². The van der Waals surface area contributed by atoms with Crippen LogP contribution in [0.3, 0.4) is 0 Å². The Bertz CT molecular complexity index is 693. The van der Waals surface area contributed by atoms with Gasteiger partial charge in [-0.2, -0.15) is 0 Å². The number of thiophene rings is 2. The summed E-state index contributed by atoms with van der Waals surface area (Å²) in [6.07, 6.45) is 1.67. The van der Waals surface area contributed by atoms with E-state index in [1.807, 2.05) is 6.07 Å². The van der Waals surface area contributed by atoms with Gasteiger partial charge in [-0.25, -0.2) is 4.79 Å². The molecule has 0 aliphatic rings. The van der Waals surface area contributed by atoms with Crippen LogP contribution in [0.5, 0.6) is 0 Å². The van der Waals surface area contributed by atoms with Crippen molar-refractivity contribution in [2.75, 3.05) is 13.7 Å². The average Bonchev–Trinajstić information content (AvgIpc) is 3.14. The maximum Gasteiger partial charge on any atom is 0.348 e. The van der Waals surface area contributed by atoms with Crippen LogP contribution in [0.1, 0.15) is 24.2 Å². The molecule has 0 bridgehead atoms. The van der Waals surface area contributed by atoms with Gasteiger partial charge < -0.3 is 9.64 Å². The zero-order valence-electron chi connectivity index (χ0n) is 11.9. The molecule has 0 unspecified atom stereocenters. The first-order valence-corrected chi connectivity index (χ1v) is 8.38. The van der Waals surface area contributed by atoms with Crippen LogP contribution in [0.4, 0.5) is 0 Å². The molecule has 0 aliphatic heterocycles. The molecule has 4 nitrogen and oxygen atoms in total. The molecule has 22 heavy (non-hydrogen) atoms. The fourth-order valence-electron chi connectivity index (χ4n) is 1.82. The van der Waals surface area contributed by atoms with Gasteiger partial charge in [0.05, 0.1) is 22.9 Å². The number of nitrogens with zero attached hydrogens (tertiary/aromatic N) is 1. The van der Waals surface area contributed by atoms with E-state index in [4.69, 9.17) is 11.6 Å². The minimum atomic E-state index is -0.440. The minimum Gasteiger partial charge on any atom is -0.465 e. The molecule has 2 aromatic heterocycles. The van der Waals surface area contributed by atoms with Gasteiger partial charge in [0.2, 0.25) is 0 Å². The van der Waals surface area contributed by atoms with Crippen molar-refractivity contribution < 1.29 is 14.3 Å². The molecule has 0 fully saturated rings. The molecule has 1 amide bonds. The minimum absolute atomic E-state index is 0.149. The van der Waals surface area contributed by atoms with Crippen LogP contribution < -0.4 is 0 Å². The summed E-state index contributed by atoms with van der Waals surface area (Å²) in [4.78, 5) is 27.6. The monoisotopic (exact) mass is 355 g/mol. The zero-order valence-corrected chi connectivity index (χ0v) is 14.3. The third kappa shape index (κ3) is 3.97. The number of hydrogen-bond acceptors (Lipinski definition) is 5. The van der Waals surface area contributed by atoms with Crippen LogP contribution in [0.2, 0.25) is 4.34 Å². The van der Waals surface area contributed by atoms with E-state index in [2.05, 4.69) is 11.3 Å². The third-order valence-electron chi connectivity index (χ3n) is 2.82. The molecule has 0 radical (unpaired) electrons. The standard InChI is InChI=1S/C15H14ClNO3S2/c1-3-8-17(9-10-4-7-13(16)21-10)14(18)11-5-6-12(22-11)15(19)20-2/h3-7H,1,8-9H2,2H3. The van der Waals surface area contributed by atoms with E-state index >= 15 is 0 Å². The number of rotatable bonds is 6. The van der Waals surface area contributed by atoms with Crippen molar-refractivity contribution in [3.63, 3.8) is 0 Å². The molecule has 0 atom stereocenters. The number of carbonyl (C=O) groups is 2. The van der Waals surface area contributed by atoms with Crippen LogP contribution in [0.15, 0.2) is 36.9 Å². The number of ether oxygens (including phenoxy) is 1. The Morgan fingerprint density at radius 1 is 1.27 bits per heavy atom. The summed E-state index contributed by atoms with van der Waals surface area (Å²) in [7, 11) is 1.31. The number of methoxy groups -OCH3 is 1. The Kier molecular flexibility index (Phi) is 5.76. The topological polar surface area (TPSA) is 46.6 Å². The van der Waals surface area contributed by atoms with Crippen LogP contribution >= 0.6 is 34.3 Å². The van der Waals surface area contributed by atoms with Crippen molar-refractivity contribution in [2.45, 2.75) is 6.54 Å². The predicted molar refractivity (Wildman–Crippen MR) is 89.9 cm³/mol. The number of hydrogen-bond donors (Lipinski definition) is 0. The fraction of sp³-hybridized carbons (Fsp3) is 0.200. The lowest BCUT2D eigenvalue weighted by molar-refractivity contribution is 0.0606. The first-order valence-electron chi connectivity index (χ1n) is 6.37.